The van der Waals surface area contributed by atoms with Crippen molar-refractivity contribution in [3.63, 3.8) is 0 Å². The van der Waals surface area contributed by atoms with Gasteiger partial charge in [-0.2, -0.15) is 4.98 Å². The van der Waals surface area contributed by atoms with Crippen molar-refractivity contribution >= 4 is 11.0 Å². The lowest BCUT2D eigenvalue weighted by Crippen LogP contribution is -1.95. The molecule has 0 aliphatic rings. The highest BCUT2D eigenvalue weighted by Gasteiger charge is 2.09. The van der Waals surface area contributed by atoms with Crippen molar-refractivity contribution in [2.75, 3.05) is 0 Å². The predicted molar refractivity (Wildman–Crippen MR) is 83.2 cm³/mol. The Kier molecular flexibility index (Phi) is 3.16. The maximum Gasteiger partial charge on any atom is 0.257 e. The van der Waals surface area contributed by atoms with Crippen molar-refractivity contribution in [2.45, 2.75) is 12.8 Å². The van der Waals surface area contributed by atoms with Gasteiger partial charge in [0.25, 0.3) is 5.89 Å². The molecule has 4 rings (SSSR count). The van der Waals surface area contributed by atoms with Crippen molar-refractivity contribution in [1.29, 1.82) is 0 Å². The highest BCUT2D eigenvalue weighted by atomic mass is 16.5. The van der Waals surface area contributed by atoms with Crippen molar-refractivity contribution in [1.82, 2.24) is 20.1 Å². The van der Waals surface area contributed by atoms with Crippen molar-refractivity contribution in [2.24, 2.45) is 0 Å². The van der Waals surface area contributed by atoms with E-state index < -0.39 is 0 Å². The summed E-state index contributed by atoms with van der Waals surface area (Å²) in [4.78, 5) is 12.3. The normalized spacial score (nSPS) is 11.1. The number of aromatic nitrogens is 4. The fourth-order valence-electron chi connectivity index (χ4n) is 2.41. The number of hydrogen-bond donors (Lipinski definition) is 1. The smallest absolute Gasteiger partial charge is 0.257 e. The number of rotatable bonds is 4. The van der Waals surface area contributed by atoms with Gasteiger partial charge in [0, 0.05) is 18.4 Å². The van der Waals surface area contributed by atoms with Gasteiger partial charge in [-0.05, 0) is 24.3 Å². The van der Waals surface area contributed by atoms with Gasteiger partial charge in [-0.15, -0.1) is 0 Å². The number of para-hydroxylation sites is 2. The van der Waals surface area contributed by atoms with E-state index in [1.807, 2.05) is 54.6 Å². The summed E-state index contributed by atoms with van der Waals surface area (Å²) < 4.78 is 5.31. The molecule has 0 fully saturated rings. The molecule has 0 aliphatic carbocycles. The molecule has 4 aromatic rings. The minimum Gasteiger partial charge on any atom is -0.342 e. The summed E-state index contributed by atoms with van der Waals surface area (Å²) in [6, 6.07) is 17.8. The van der Waals surface area contributed by atoms with Crippen LogP contribution >= 0.6 is 0 Å². The third-order valence-corrected chi connectivity index (χ3v) is 3.51. The summed E-state index contributed by atoms with van der Waals surface area (Å²) in [5.74, 6) is 2.19. The Labute approximate surface area is 127 Å². The highest BCUT2D eigenvalue weighted by molar-refractivity contribution is 5.74. The van der Waals surface area contributed by atoms with E-state index in [0.29, 0.717) is 18.1 Å². The highest BCUT2D eigenvalue weighted by Crippen LogP contribution is 2.17. The SMILES string of the molecule is c1ccc(-c2nc(CCc3nc4ccccc4[nH]3)no2)cc1. The molecule has 22 heavy (non-hydrogen) atoms. The minimum atomic E-state index is 0.556. The van der Waals surface area contributed by atoms with E-state index in [-0.39, 0.29) is 0 Å². The first-order valence-electron chi connectivity index (χ1n) is 7.20. The van der Waals surface area contributed by atoms with Crippen LogP contribution < -0.4 is 0 Å². The van der Waals surface area contributed by atoms with Gasteiger partial charge in [0.15, 0.2) is 5.82 Å². The molecule has 108 valence electrons. The first-order valence-corrected chi connectivity index (χ1v) is 7.20. The van der Waals surface area contributed by atoms with E-state index in [4.69, 9.17) is 4.52 Å². The predicted octanol–water partition coefficient (Wildman–Crippen LogP) is 3.40. The van der Waals surface area contributed by atoms with Crippen LogP contribution in [-0.4, -0.2) is 20.1 Å². The number of hydrogen-bond acceptors (Lipinski definition) is 4. The molecule has 0 radical (unpaired) electrons. The molecule has 2 aromatic heterocycles. The van der Waals surface area contributed by atoms with Gasteiger partial charge in [-0.3, -0.25) is 0 Å². The molecule has 5 nitrogen and oxygen atoms in total. The second-order valence-electron chi connectivity index (χ2n) is 5.08. The number of nitrogens with zero attached hydrogens (tertiary/aromatic N) is 3. The zero-order valence-electron chi connectivity index (χ0n) is 11.9. The number of H-pyrrole nitrogens is 1. The Morgan fingerprint density at radius 3 is 2.55 bits per heavy atom. The van der Waals surface area contributed by atoms with Crippen LogP contribution in [-0.2, 0) is 12.8 Å². The summed E-state index contributed by atoms with van der Waals surface area (Å²) in [5, 5.41) is 4.03. The summed E-state index contributed by atoms with van der Waals surface area (Å²) in [6.45, 7) is 0. The van der Waals surface area contributed by atoms with Gasteiger partial charge >= 0.3 is 0 Å². The Bertz CT molecular complexity index is 862. The van der Waals surface area contributed by atoms with Crippen LogP contribution in [0.4, 0.5) is 0 Å². The molecule has 0 amide bonds. The lowest BCUT2D eigenvalue weighted by atomic mass is 10.2. The quantitative estimate of drug-likeness (QED) is 0.625. The molecule has 0 spiro atoms. The average molecular weight is 290 g/mol. The Balaban J connectivity index is 1.49. The van der Waals surface area contributed by atoms with Crippen LogP contribution in [0.3, 0.4) is 0 Å². The van der Waals surface area contributed by atoms with E-state index in [1.54, 1.807) is 0 Å². The van der Waals surface area contributed by atoms with Crippen LogP contribution in [0.15, 0.2) is 59.1 Å². The molecule has 2 aromatic carbocycles. The van der Waals surface area contributed by atoms with Gasteiger partial charge in [-0.1, -0.05) is 35.5 Å². The third kappa shape index (κ3) is 2.48. The van der Waals surface area contributed by atoms with Gasteiger partial charge < -0.3 is 9.51 Å². The maximum absolute atomic E-state index is 5.31. The van der Waals surface area contributed by atoms with Gasteiger partial charge in [0.05, 0.1) is 11.0 Å². The average Bonchev–Trinajstić information content (AvgIpc) is 3.20. The van der Waals surface area contributed by atoms with Crippen LogP contribution in [0.5, 0.6) is 0 Å². The number of benzene rings is 2. The number of nitrogens with one attached hydrogen (secondary N) is 1. The maximum atomic E-state index is 5.31. The molecule has 2 heterocycles. The Hall–Kier alpha value is -2.95. The number of aromatic amines is 1. The molecule has 0 atom stereocenters. The molecule has 5 heteroatoms. The number of fused-ring (bicyclic) bond motifs is 1. The standard InChI is InChI=1S/C17H14N4O/c1-2-6-12(7-3-1)17-20-16(21-22-17)11-10-15-18-13-8-4-5-9-14(13)19-15/h1-9H,10-11H2,(H,18,19). The molecule has 0 unspecified atom stereocenters. The fourth-order valence-corrected chi connectivity index (χ4v) is 2.41. The van der Waals surface area contributed by atoms with Crippen molar-refractivity contribution < 1.29 is 4.52 Å². The van der Waals surface area contributed by atoms with E-state index in [0.717, 1.165) is 28.8 Å². The second kappa shape index (κ2) is 5.44. The summed E-state index contributed by atoms with van der Waals surface area (Å²) in [5.41, 5.74) is 2.97. The molecule has 0 aliphatic heterocycles. The lowest BCUT2D eigenvalue weighted by Gasteiger charge is -1.92. The number of imidazole rings is 1. The summed E-state index contributed by atoms with van der Waals surface area (Å²) >= 11 is 0. The molecule has 0 bridgehead atoms. The topological polar surface area (TPSA) is 67.6 Å². The first-order chi connectivity index (χ1) is 10.9. The Morgan fingerprint density at radius 1 is 0.864 bits per heavy atom. The molecule has 0 saturated heterocycles. The van der Waals surface area contributed by atoms with Gasteiger partial charge in [0.2, 0.25) is 0 Å². The van der Waals surface area contributed by atoms with Crippen LogP contribution in [0.1, 0.15) is 11.6 Å². The molecule has 0 saturated carbocycles. The molecule has 1 N–H and O–H groups in total. The minimum absolute atomic E-state index is 0.556. The van der Waals surface area contributed by atoms with Crippen LogP contribution in [0.2, 0.25) is 0 Å². The van der Waals surface area contributed by atoms with Crippen LogP contribution in [0.25, 0.3) is 22.5 Å². The third-order valence-electron chi connectivity index (χ3n) is 3.51. The van der Waals surface area contributed by atoms with Gasteiger partial charge in [0.1, 0.15) is 5.82 Å². The van der Waals surface area contributed by atoms with Crippen molar-refractivity contribution in [3.8, 4) is 11.5 Å². The summed E-state index contributed by atoms with van der Waals surface area (Å²) in [6.07, 6.45) is 1.44. The first kappa shape index (κ1) is 12.8. The molecular weight excluding hydrogens is 276 g/mol. The largest absolute Gasteiger partial charge is 0.342 e. The van der Waals surface area contributed by atoms with E-state index >= 15 is 0 Å². The van der Waals surface area contributed by atoms with E-state index in [9.17, 15) is 0 Å². The van der Waals surface area contributed by atoms with E-state index in [1.165, 1.54) is 0 Å². The zero-order valence-corrected chi connectivity index (χ0v) is 11.9. The fraction of sp³-hybridized carbons (Fsp3) is 0.118. The van der Waals surface area contributed by atoms with Gasteiger partial charge in [-0.25, -0.2) is 4.98 Å². The summed E-state index contributed by atoms with van der Waals surface area (Å²) in [7, 11) is 0. The monoisotopic (exact) mass is 290 g/mol. The molecular formula is C17H14N4O. The zero-order chi connectivity index (χ0) is 14.8. The lowest BCUT2D eigenvalue weighted by molar-refractivity contribution is 0.422. The van der Waals surface area contributed by atoms with Crippen LogP contribution in [0, 0.1) is 0 Å². The van der Waals surface area contributed by atoms with E-state index in [2.05, 4.69) is 20.1 Å². The number of aryl methyl sites for hydroxylation is 2. The Morgan fingerprint density at radius 2 is 1.68 bits per heavy atom. The van der Waals surface area contributed by atoms with Crippen molar-refractivity contribution in [3.05, 3.63) is 66.2 Å². The second-order valence-corrected chi connectivity index (χ2v) is 5.08.